The monoisotopic (exact) mass is 258 g/mol. The second-order valence-corrected chi connectivity index (χ2v) is 4.09. The molecule has 5 nitrogen and oxygen atoms in total. The highest BCUT2D eigenvalue weighted by Crippen LogP contribution is 2.35. The topological polar surface area (TPSA) is 52.6 Å². The fourth-order valence-corrected chi connectivity index (χ4v) is 1.93. The molecule has 0 spiro atoms. The lowest BCUT2D eigenvalue weighted by Crippen LogP contribution is -2.01. The summed E-state index contributed by atoms with van der Waals surface area (Å²) in [5.74, 6) is 2.21. The molecule has 0 saturated heterocycles. The number of hydrogen-bond donors (Lipinski definition) is 1. The van der Waals surface area contributed by atoms with Crippen LogP contribution in [0.5, 0.6) is 17.4 Å². The molecule has 0 aliphatic carbocycles. The van der Waals surface area contributed by atoms with Crippen LogP contribution in [0, 0.1) is 0 Å². The van der Waals surface area contributed by atoms with E-state index in [-0.39, 0.29) is 6.79 Å². The highest BCUT2D eigenvalue weighted by atomic mass is 16.7. The van der Waals surface area contributed by atoms with Gasteiger partial charge in [0.05, 0.1) is 19.0 Å². The average Bonchev–Trinajstić information content (AvgIpc) is 2.94. The zero-order valence-electron chi connectivity index (χ0n) is 10.6. The Hall–Kier alpha value is -2.43. The lowest BCUT2D eigenvalue weighted by Gasteiger charge is -2.09. The Morgan fingerprint density at radius 1 is 1.26 bits per heavy atom. The predicted molar refractivity (Wildman–Crippen MR) is 70.7 cm³/mol. The van der Waals surface area contributed by atoms with Crippen LogP contribution in [0.15, 0.2) is 36.5 Å². The first-order valence-electron chi connectivity index (χ1n) is 5.98. The van der Waals surface area contributed by atoms with Crippen molar-refractivity contribution in [1.82, 2.24) is 4.98 Å². The summed E-state index contributed by atoms with van der Waals surface area (Å²) in [5.41, 5.74) is 1.99. The SMILES string of the molecule is COc1ccc(NCc2cccc3c2OCO3)cn1. The third-order valence-electron chi connectivity index (χ3n) is 2.91. The molecule has 3 rings (SSSR count). The van der Waals surface area contributed by atoms with Gasteiger partial charge in [-0.05, 0) is 12.1 Å². The Balaban J connectivity index is 1.70. The molecule has 0 unspecified atom stereocenters. The van der Waals surface area contributed by atoms with Gasteiger partial charge in [0.2, 0.25) is 12.7 Å². The number of nitrogens with one attached hydrogen (secondary N) is 1. The number of aromatic nitrogens is 1. The molecule has 0 atom stereocenters. The molecule has 0 radical (unpaired) electrons. The van der Waals surface area contributed by atoms with Crippen molar-refractivity contribution >= 4 is 5.69 Å². The van der Waals surface area contributed by atoms with Gasteiger partial charge < -0.3 is 19.5 Å². The van der Waals surface area contributed by atoms with Crippen molar-refractivity contribution in [2.75, 3.05) is 19.2 Å². The summed E-state index contributed by atoms with van der Waals surface area (Å²) in [5, 5.41) is 3.29. The van der Waals surface area contributed by atoms with Crippen LogP contribution in [0.25, 0.3) is 0 Å². The van der Waals surface area contributed by atoms with Crippen LogP contribution in [-0.4, -0.2) is 18.9 Å². The number of benzene rings is 1. The molecule has 0 saturated carbocycles. The molecule has 2 heterocycles. The van der Waals surface area contributed by atoms with Crippen LogP contribution < -0.4 is 19.5 Å². The maximum Gasteiger partial charge on any atom is 0.231 e. The number of nitrogens with zero attached hydrogens (tertiary/aromatic N) is 1. The largest absolute Gasteiger partial charge is 0.481 e. The Labute approximate surface area is 111 Å². The van der Waals surface area contributed by atoms with Crippen molar-refractivity contribution in [1.29, 1.82) is 0 Å². The van der Waals surface area contributed by atoms with Crippen molar-refractivity contribution in [3.05, 3.63) is 42.1 Å². The highest BCUT2D eigenvalue weighted by Gasteiger charge is 2.16. The zero-order valence-corrected chi connectivity index (χ0v) is 10.6. The first-order chi connectivity index (χ1) is 9.36. The number of fused-ring (bicyclic) bond motifs is 1. The minimum Gasteiger partial charge on any atom is -0.481 e. The van der Waals surface area contributed by atoms with Gasteiger partial charge in [0, 0.05) is 18.2 Å². The van der Waals surface area contributed by atoms with Gasteiger partial charge in [0.1, 0.15) is 0 Å². The molecule has 19 heavy (non-hydrogen) atoms. The maximum absolute atomic E-state index is 5.46. The Kier molecular flexibility index (Phi) is 3.10. The lowest BCUT2D eigenvalue weighted by molar-refractivity contribution is 0.173. The van der Waals surface area contributed by atoms with Crippen molar-refractivity contribution < 1.29 is 14.2 Å². The van der Waals surface area contributed by atoms with Gasteiger partial charge in [0.25, 0.3) is 0 Å². The zero-order chi connectivity index (χ0) is 13.1. The fraction of sp³-hybridized carbons (Fsp3) is 0.214. The predicted octanol–water partition coefficient (Wildman–Crippen LogP) is 2.43. The summed E-state index contributed by atoms with van der Waals surface area (Å²) >= 11 is 0. The first-order valence-corrected chi connectivity index (χ1v) is 5.98. The number of para-hydroxylation sites is 1. The molecule has 1 N–H and O–H groups in total. The van der Waals surface area contributed by atoms with E-state index >= 15 is 0 Å². The molecule has 98 valence electrons. The second-order valence-electron chi connectivity index (χ2n) is 4.09. The number of anilines is 1. The molecule has 0 fully saturated rings. The highest BCUT2D eigenvalue weighted by molar-refractivity contribution is 5.50. The van der Waals surface area contributed by atoms with Crippen molar-refractivity contribution in [3.63, 3.8) is 0 Å². The number of methoxy groups -OCH3 is 1. The Morgan fingerprint density at radius 2 is 2.21 bits per heavy atom. The maximum atomic E-state index is 5.46. The van der Waals surface area contributed by atoms with E-state index in [1.54, 1.807) is 13.3 Å². The minimum absolute atomic E-state index is 0.288. The van der Waals surface area contributed by atoms with E-state index in [2.05, 4.69) is 10.3 Å². The van der Waals surface area contributed by atoms with Gasteiger partial charge in [-0.3, -0.25) is 0 Å². The fourth-order valence-electron chi connectivity index (χ4n) is 1.93. The Bertz CT molecular complexity index is 569. The molecule has 2 aromatic rings. The summed E-state index contributed by atoms with van der Waals surface area (Å²) in [7, 11) is 1.60. The van der Waals surface area contributed by atoms with Crippen LogP contribution >= 0.6 is 0 Å². The smallest absolute Gasteiger partial charge is 0.231 e. The van der Waals surface area contributed by atoms with Gasteiger partial charge in [-0.15, -0.1) is 0 Å². The number of ether oxygens (including phenoxy) is 3. The van der Waals surface area contributed by atoms with E-state index < -0.39 is 0 Å². The quantitative estimate of drug-likeness (QED) is 0.912. The van der Waals surface area contributed by atoms with Gasteiger partial charge in [-0.25, -0.2) is 4.98 Å². The van der Waals surface area contributed by atoms with Crippen LogP contribution in [0.1, 0.15) is 5.56 Å². The lowest BCUT2D eigenvalue weighted by atomic mass is 10.2. The Morgan fingerprint density at radius 3 is 3.00 bits per heavy atom. The van der Waals surface area contributed by atoms with Gasteiger partial charge in [0.15, 0.2) is 11.5 Å². The van der Waals surface area contributed by atoms with Gasteiger partial charge in [-0.1, -0.05) is 12.1 Å². The second kappa shape index (κ2) is 5.06. The summed E-state index contributed by atoms with van der Waals surface area (Å²) in [6, 6.07) is 9.61. The van der Waals surface area contributed by atoms with Crippen molar-refractivity contribution in [2.45, 2.75) is 6.54 Å². The van der Waals surface area contributed by atoms with Crippen LogP contribution in [0.2, 0.25) is 0 Å². The summed E-state index contributed by atoms with van der Waals surface area (Å²) in [6.07, 6.45) is 1.74. The first kappa shape index (κ1) is 11.6. The molecular weight excluding hydrogens is 244 g/mol. The number of pyridine rings is 1. The van der Waals surface area contributed by atoms with E-state index in [1.165, 1.54) is 0 Å². The van der Waals surface area contributed by atoms with Crippen LogP contribution in [-0.2, 0) is 6.54 Å². The molecule has 0 amide bonds. The molecular formula is C14H14N2O3. The standard InChI is InChI=1S/C14H14N2O3/c1-17-13-6-5-11(8-16-13)15-7-10-3-2-4-12-14(10)19-9-18-12/h2-6,8,15H,7,9H2,1H3. The van der Waals surface area contributed by atoms with E-state index in [1.807, 2.05) is 30.3 Å². The number of hydrogen-bond acceptors (Lipinski definition) is 5. The van der Waals surface area contributed by atoms with Crippen molar-refractivity contribution in [2.24, 2.45) is 0 Å². The molecule has 0 bridgehead atoms. The third-order valence-corrected chi connectivity index (χ3v) is 2.91. The molecule has 5 heteroatoms. The van der Waals surface area contributed by atoms with Crippen LogP contribution in [0.3, 0.4) is 0 Å². The van der Waals surface area contributed by atoms with Crippen LogP contribution in [0.4, 0.5) is 5.69 Å². The van der Waals surface area contributed by atoms with E-state index in [0.29, 0.717) is 12.4 Å². The molecule has 1 aromatic heterocycles. The normalized spacial score (nSPS) is 12.3. The van der Waals surface area contributed by atoms with Crippen molar-refractivity contribution in [3.8, 4) is 17.4 Å². The average molecular weight is 258 g/mol. The summed E-state index contributed by atoms with van der Waals surface area (Å²) in [6.45, 7) is 0.941. The van der Waals surface area contributed by atoms with E-state index in [4.69, 9.17) is 14.2 Å². The molecule has 1 aromatic carbocycles. The van der Waals surface area contributed by atoms with E-state index in [0.717, 1.165) is 22.7 Å². The number of rotatable bonds is 4. The third kappa shape index (κ3) is 2.40. The molecule has 1 aliphatic rings. The minimum atomic E-state index is 0.288. The molecule has 1 aliphatic heterocycles. The van der Waals surface area contributed by atoms with Gasteiger partial charge in [-0.2, -0.15) is 0 Å². The summed E-state index contributed by atoms with van der Waals surface area (Å²) in [4.78, 5) is 4.14. The van der Waals surface area contributed by atoms with E-state index in [9.17, 15) is 0 Å². The summed E-state index contributed by atoms with van der Waals surface area (Å²) < 4.78 is 15.8. The van der Waals surface area contributed by atoms with Gasteiger partial charge >= 0.3 is 0 Å².